The van der Waals surface area contributed by atoms with Crippen LogP contribution in [0.15, 0.2) is 36.6 Å². The molecule has 0 saturated carbocycles. The van der Waals surface area contributed by atoms with Gasteiger partial charge in [-0.3, -0.25) is 0 Å². The van der Waals surface area contributed by atoms with Crippen LogP contribution in [0, 0.1) is 5.92 Å². The number of nitrogens with one attached hydrogen (secondary N) is 1. The van der Waals surface area contributed by atoms with E-state index in [1.807, 2.05) is 0 Å². The molecular weight excluding hydrogens is 207 g/mol. The number of halogens is 3. The topological polar surface area (TPSA) is 21.3 Å². The number of allylic oxidation sites excluding steroid dienone is 3. The van der Waals surface area contributed by atoms with Crippen molar-refractivity contribution in [1.82, 2.24) is 5.32 Å². The van der Waals surface area contributed by atoms with Gasteiger partial charge in [-0.15, -0.1) is 13.2 Å². The van der Waals surface area contributed by atoms with Gasteiger partial charge in [0, 0.05) is 19.0 Å². The molecule has 0 spiro atoms. The number of alkyl halides is 3. The SMILES string of the molecule is C=C/C=C(/OC(F)(F)F)C(=C)C1CNC1. The molecule has 1 aliphatic heterocycles. The summed E-state index contributed by atoms with van der Waals surface area (Å²) in [6, 6.07) is 0. The van der Waals surface area contributed by atoms with Crippen LogP contribution in [-0.2, 0) is 4.74 Å². The molecule has 84 valence electrons. The molecule has 5 heteroatoms. The Morgan fingerprint density at radius 3 is 2.33 bits per heavy atom. The smallest absolute Gasteiger partial charge is 0.406 e. The van der Waals surface area contributed by atoms with Crippen molar-refractivity contribution in [2.45, 2.75) is 6.36 Å². The zero-order valence-corrected chi connectivity index (χ0v) is 8.10. The van der Waals surface area contributed by atoms with E-state index in [-0.39, 0.29) is 11.7 Å². The first kappa shape index (κ1) is 11.8. The molecule has 1 fully saturated rings. The largest absolute Gasteiger partial charge is 0.573 e. The minimum Gasteiger partial charge on any atom is -0.406 e. The molecule has 0 aromatic rings. The Hall–Kier alpha value is -1.23. The zero-order valence-electron chi connectivity index (χ0n) is 8.10. The lowest BCUT2D eigenvalue weighted by atomic mass is 9.93. The molecule has 0 aromatic carbocycles. The van der Waals surface area contributed by atoms with Crippen LogP contribution in [0.2, 0.25) is 0 Å². The maximum Gasteiger partial charge on any atom is 0.573 e. The third kappa shape index (κ3) is 3.43. The second-order valence-electron chi connectivity index (χ2n) is 3.19. The van der Waals surface area contributed by atoms with E-state index in [1.54, 1.807) is 0 Å². The van der Waals surface area contributed by atoms with Gasteiger partial charge in [0.1, 0.15) is 5.76 Å². The minimum absolute atomic E-state index is 0.0125. The van der Waals surface area contributed by atoms with Crippen molar-refractivity contribution in [3.63, 3.8) is 0 Å². The fourth-order valence-electron chi connectivity index (χ4n) is 1.17. The average Bonchev–Trinajstić information content (AvgIpc) is 1.97. The van der Waals surface area contributed by atoms with E-state index in [2.05, 4.69) is 23.2 Å². The van der Waals surface area contributed by atoms with Crippen molar-refractivity contribution in [2.24, 2.45) is 5.92 Å². The Kier molecular flexibility index (Phi) is 3.57. The highest BCUT2D eigenvalue weighted by Gasteiger charge is 2.34. The summed E-state index contributed by atoms with van der Waals surface area (Å²) in [4.78, 5) is 0. The zero-order chi connectivity index (χ0) is 11.5. The van der Waals surface area contributed by atoms with Crippen LogP contribution < -0.4 is 5.32 Å². The van der Waals surface area contributed by atoms with E-state index in [1.165, 1.54) is 12.2 Å². The lowest BCUT2D eigenvalue weighted by Gasteiger charge is -2.30. The molecule has 2 nitrogen and oxygen atoms in total. The molecular formula is C10H12F3NO. The molecule has 0 amide bonds. The number of hydrogen-bond donors (Lipinski definition) is 1. The lowest BCUT2D eigenvalue weighted by Crippen LogP contribution is -2.43. The van der Waals surface area contributed by atoms with Crippen LogP contribution in [0.5, 0.6) is 0 Å². The molecule has 0 atom stereocenters. The summed E-state index contributed by atoms with van der Waals surface area (Å²) in [6.45, 7) is 8.20. The summed E-state index contributed by atoms with van der Waals surface area (Å²) in [5, 5.41) is 2.95. The lowest BCUT2D eigenvalue weighted by molar-refractivity contribution is -0.304. The Bertz CT molecular complexity index is 290. The van der Waals surface area contributed by atoms with E-state index >= 15 is 0 Å². The Balaban J connectivity index is 2.69. The monoisotopic (exact) mass is 219 g/mol. The van der Waals surface area contributed by atoms with Gasteiger partial charge < -0.3 is 10.1 Å². The second kappa shape index (κ2) is 4.53. The normalized spacial score (nSPS) is 18.2. The highest BCUT2D eigenvalue weighted by atomic mass is 19.4. The standard InChI is InChI=1S/C10H12F3NO/c1-3-4-9(15-10(11,12)13)7(2)8-5-14-6-8/h3-4,8,14H,1-2,5-6H2/b9-4+. The molecule has 1 rings (SSSR count). The fourth-order valence-corrected chi connectivity index (χ4v) is 1.17. The summed E-state index contributed by atoms with van der Waals surface area (Å²) in [6.07, 6.45) is -2.26. The first-order valence-corrected chi connectivity index (χ1v) is 4.42. The van der Waals surface area contributed by atoms with Crippen molar-refractivity contribution >= 4 is 0 Å². The molecule has 1 heterocycles. The molecule has 0 bridgehead atoms. The van der Waals surface area contributed by atoms with E-state index in [9.17, 15) is 13.2 Å². The van der Waals surface area contributed by atoms with Gasteiger partial charge in [0.25, 0.3) is 0 Å². The summed E-state index contributed by atoms with van der Waals surface area (Å²) >= 11 is 0. The fraction of sp³-hybridized carbons (Fsp3) is 0.400. The van der Waals surface area contributed by atoms with E-state index in [4.69, 9.17) is 0 Å². The average molecular weight is 219 g/mol. The molecule has 15 heavy (non-hydrogen) atoms. The molecule has 0 aromatic heterocycles. The third-order valence-corrected chi connectivity index (χ3v) is 2.09. The van der Waals surface area contributed by atoms with Crippen molar-refractivity contribution < 1.29 is 17.9 Å². The molecule has 0 radical (unpaired) electrons. The first-order valence-electron chi connectivity index (χ1n) is 4.42. The number of ether oxygens (including phenoxy) is 1. The molecule has 1 aliphatic rings. The van der Waals surface area contributed by atoms with Gasteiger partial charge in [-0.05, 0) is 11.6 Å². The molecule has 1 N–H and O–H groups in total. The highest BCUT2D eigenvalue weighted by molar-refractivity contribution is 5.30. The third-order valence-electron chi connectivity index (χ3n) is 2.09. The van der Waals surface area contributed by atoms with Crippen LogP contribution >= 0.6 is 0 Å². The maximum atomic E-state index is 12.0. The van der Waals surface area contributed by atoms with Crippen LogP contribution in [0.4, 0.5) is 13.2 Å². The predicted octanol–water partition coefficient (Wildman–Crippen LogP) is 2.37. The van der Waals surface area contributed by atoms with E-state index < -0.39 is 6.36 Å². The van der Waals surface area contributed by atoms with Crippen molar-refractivity contribution in [3.05, 3.63) is 36.6 Å². The van der Waals surface area contributed by atoms with Gasteiger partial charge >= 0.3 is 6.36 Å². The quantitative estimate of drug-likeness (QED) is 0.579. The molecule has 0 aliphatic carbocycles. The van der Waals surface area contributed by atoms with Gasteiger partial charge in [0.05, 0.1) is 0 Å². The highest BCUT2D eigenvalue weighted by Crippen LogP contribution is 2.29. The summed E-state index contributed by atoms with van der Waals surface area (Å²) in [7, 11) is 0. The van der Waals surface area contributed by atoms with Crippen LogP contribution in [0.1, 0.15) is 0 Å². The number of rotatable bonds is 4. The van der Waals surface area contributed by atoms with Gasteiger partial charge in [-0.2, -0.15) is 0 Å². The Morgan fingerprint density at radius 2 is 2.00 bits per heavy atom. The Morgan fingerprint density at radius 1 is 1.40 bits per heavy atom. The Labute approximate surface area is 86.1 Å². The molecule has 1 saturated heterocycles. The first-order chi connectivity index (χ1) is 6.94. The predicted molar refractivity (Wildman–Crippen MR) is 50.9 cm³/mol. The van der Waals surface area contributed by atoms with Crippen LogP contribution in [0.25, 0.3) is 0 Å². The summed E-state index contributed by atoms with van der Waals surface area (Å²) < 4.78 is 39.9. The van der Waals surface area contributed by atoms with Crippen molar-refractivity contribution in [2.75, 3.05) is 13.1 Å². The van der Waals surface area contributed by atoms with E-state index in [0.29, 0.717) is 18.7 Å². The van der Waals surface area contributed by atoms with Crippen LogP contribution in [-0.4, -0.2) is 19.5 Å². The maximum absolute atomic E-state index is 12.0. The van der Waals surface area contributed by atoms with Gasteiger partial charge in [-0.1, -0.05) is 19.2 Å². The van der Waals surface area contributed by atoms with Crippen LogP contribution in [0.3, 0.4) is 0 Å². The van der Waals surface area contributed by atoms with Gasteiger partial charge in [0.15, 0.2) is 0 Å². The van der Waals surface area contributed by atoms with Gasteiger partial charge in [0.2, 0.25) is 0 Å². The van der Waals surface area contributed by atoms with Crippen molar-refractivity contribution in [3.8, 4) is 0 Å². The van der Waals surface area contributed by atoms with Gasteiger partial charge in [-0.25, -0.2) is 0 Å². The minimum atomic E-state index is -4.69. The van der Waals surface area contributed by atoms with E-state index in [0.717, 1.165) is 0 Å². The number of hydrogen-bond acceptors (Lipinski definition) is 2. The summed E-state index contributed by atoms with van der Waals surface area (Å²) in [5.41, 5.74) is 0.353. The second-order valence-corrected chi connectivity index (χ2v) is 3.19. The van der Waals surface area contributed by atoms with Crippen molar-refractivity contribution in [1.29, 1.82) is 0 Å². The molecule has 0 unspecified atom stereocenters. The summed E-state index contributed by atoms with van der Waals surface area (Å²) in [5.74, 6) is -0.248.